The van der Waals surface area contributed by atoms with Gasteiger partial charge in [0, 0.05) is 0 Å². The molecule has 1 aromatic rings. The largest absolute Gasteiger partial charge is 0.383 e. The molecule has 0 atom stereocenters. The lowest BCUT2D eigenvalue weighted by atomic mass is 10.1. The zero-order valence-electron chi connectivity index (χ0n) is 7.76. The third-order valence-electron chi connectivity index (χ3n) is 1.41. The van der Waals surface area contributed by atoms with E-state index in [0.29, 0.717) is 0 Å². The second-order valence-electron chi connectivity index (χ2n) is 2.76. The third-order valence-corrected chi connectivity index (χ3v) is 1.91. The Labute approximate surface area is 87.3 Å². The van der Waals surface area contributed by atoms with E-state index in [1.807, 2.05) is 0 Å². The number of hydrogen-bond donors (Lipinski definition) is 0. The van der Waals surface area contributed by atoms with E-state index in [4.69, 9.17) is 10.5 Å². The van der Waals surface area contributed by atoms with Gasteiger partial charge in [-0.25, -0.2) is 0 Å². The molecule has 0 amide bonds. The summed E-state index contributed by atoms with van der Waals surface area (Å²) in [7, 11) is -3.65. The van der Waals surface area contributed by atoms with Crippen molar-refractivity contribution in [1.82, 2.24) is 0 Å². The molecule has 1 aromatic carbocycles. The quantitative estimate of drug-likeness (QED) is 0.689. The van der Waals surface area contributed by atoms with Crippen molar-refractivity contribution in [3.05, 3.63) is 29.3 Å². The summed E-state index contributed by atoms with van der Waals surface area (Å²) in [5, 5.41) is 17.2. The number of benzene rings is 1. The first-order chi connectivity index (χ1) is 6.94. The number of nitrogens with zero attached hydrogens (tertiary/aromatic N) is 2. The summed E-state index contributed by atoms with van der Waals surface area (Å²) in [6.45, 7) is 0. The van der Waals surface area contributed by atoms with Crippen molar-refractivity contribution in [2.24, 2.45) is 0 Å². The molecule has 0 saturated heterocycles. The molecule has 5 nitrogen and oxygen atoms in total. The molecule has 0 aliphatic carbocycles. The summed E-state index contributed by atoms with van der Waals surface area (Å²) >= 11 is 0. The Morgan fingerprint density at radius 3 is 1.93 bits per heavy atom. The van der Waals surface area contributed by atoms with Crippen LogP contribution in [0.25, 0.3) is 0 Å². The molecule has 1 rings (SSSR count). The van der Waals surface area contributed by atoms with Crippen LogP contribution in [-0.2, 0) is 10.1 Å². The van der Waals surface area contributed by atoms with E-state index >= 15 is 0 Å². The van der Waals surface area contributed by atoms with Crippen LogP contribution in [0.4, 0.5) is 0 Å². The van der Waals surface area contributed by atoms with E-state index in [2.05, 4.69) is 4.18 Å². The average Bonchev–Trinajstić information content (AvgIpc) is 2.14. The average molecular weight is 222 g/mol. The molecular weight excluding hydrogens is 216 g/mol. The fourth-order valence-electron chi connectivity index (χ4n) is 0.951. The van der Waals surface area contributed by atoms with Crippen molar-refractivity contribution in [2.45, 2.75) is 0 Å². The number of rotatable bonds is 2. The third kappa shape index (κ3) is 3.29. The van der Waals surface area contributed by atoms with Crippen LogP contribution in [0.5, 0.6) is 5.75 Å². The van der Waals surface area contributed by atoms with E-state index in [1.54, 1.807) is 12.1 Å². The minimum Gasteiger partial charge on any atom is -0.383 e. The molecule has 0 spiro atoms. The highest BCUT2D eigenvalue weighted by molar-refractivity contribution is 7.86. The van der Waals surface area contributed by atoms with Crippen LogP contribution >= 0.6 is 0 Å². The Kier molecular flexibility index (Phi) is 2.93. The standard InChI is InChI=1S/C9H6N2O3S/c1-15(12,13)14-9-3-7(5-10)2-8(4-9)6-11/h2-4H,1H3. The van der Waals surface area contributed by atoms with Crippen LogP contribution in [0.3, 0.4) is 0 Å². The maximum Gasteiger partial charge on any atom is 0.306 e. The van der Waals surface area contributed by atoms with Gasteiger partial charge in [0.05, 0.1) is 29.5 Å². The van der Waals surface area contributed by atoms with E-state index in [1.165, 1.54) is 18.2 Å². The zero-order valence-corrected chi connectivity index (χ0v) is 8.58. The lowest BCUT2D eigenvalue weighted by Gasteiger charge is -2.02. The Hall–Kier alpha value is -2.05. The molecule has 0 fully saturated rings. The van der Waals surface area contributed by atoms with E-state index in [-0.39, 0.29) is 16.9 Å². The molecule has 0 saturated carbocycles. The molecule has 0 radical (unpaired) electrons. The Bertz CT molecular complexity index is 532. The Balaban J connectivity index is 3.22. The molecule has 76 valence electrons. The van der Waals surface area contributed by atoms with Crippen molar-refractivity contribution in [2.75, 3.05) is 6.26 Å². The van der Waals surface area contributed by atoms with E-state index < -0.39 is 10.1 Å². The van der Waals surface area contributed by atoms with Crippen LogP contribution in [-0.4, -0.2) is 14.7 Å². The normalized spacial score (nSPS) is 10.1. The molecule has 0 bridgehead atoms. The fourth-order valence-corrected chi connectivity index (χ4v) is 1.40. The van der Waals surface area contributed by atoms with Gasteiger partial charge in [0.15, 0.2) is 0 Å². The van der Waals surface area contributed by atoms with Crippen LogP contribution in [0.15, 0.2) is 18.2 Å². The molecular formula is C9H6N2O3S. The molecule has 0 aliphatic heterocycles. The van der Waals surface area contributed by atoms with Crippen molar-refractivity contribution >= 4 is 10.1 Å². The maximum atomic E-state index is 10.8. The van der Waals surface area contributed by atoms with Crippen molar-refractivity contribution in [1.29, 1.82) is 10.5 Å². The SMILES string of the molecule is CS(=O)(=O)Oc1cc(C#N)cc(C#N)c1. The first kappa shape index (κ1) is 11.0. The highest BCUT2D eigenvalue weighted by atomic mass is 32.2. The summed E-state index contributed by atoms with van der Waals surface area (Å²) < 4.78 is 26.2. The molecule has 6 heteroatoms. The zero-order chi connectivity index (χ0) is 11.5. The van der Waals surface area contributed by atoms with Gasteiger partial charge in [-0.15, -0.1) is 0 Å². The first-order valence-electron chi connectivity index (χ1n) is 3.79. The molecule has 0 heterocycles. The van der Waals surface area contributed by atoms with E-state index in [9.17, 15) is 8.42 Å². The number of hydrogen-bond acceptors (Lipinski definition) is 5. The van der Waals surface area contributed by atoms with Crippen LogP contribution in [0.2, 0.25) is 0 Å². The van der Waals surface area contributed by atoms with Crippen molar-refractivity contribution in [3.8, 4) is 17.9 Å². The van der Waals surface area contributed by atoms with Gasteiger partial charge in [-0.3, -0.25) is 0 Å². The summed E-state index contributed by atoms with van der Waals surface area (Å²) in [6, 6.07) is 7.45. The Morgan fingerprint density at radius 2 is 1.60 bits per heavy atom. The van der Waals surface area contributed by atoms with Gasteiger partial charge in [-0.05, 0) is 18.2 Å². The van der Waals surface area contributed by atoms with Gasteiger partial charge in [0.2, 0.25) is 0 Å². The van der Waals surface area contributed by atoms with Crippen molar-refractivity contribution in [3.63, 3.8) is 0 Å². The van der Waals surface area contributed by atoms with E-state index in [0.717, 1.165) is 6.26 Å². The molecule has 0 aliphatic rings. The van der Waals surface area contributed by atoms with Crippen LogP contribution < -0.4 is 4.18 Å². The van der Waals surface area contributed by atoms with Gasteiger partial charge < -0.3 is 4.18 Å². The lowest BCUT2D eigenvalue weighted by Crippen LogP contribution is -2.06. The molecule has 15 heavy (non-hydrogen) atoms. The highest BCUT2D eigenvalue weighted by Crippen LogP contribution is 2.17. The monoisotopic (exact) mass is 222 g/mol. The van der Waals surface area contributed by atoms with Crippen LogP contribution in [0, 0.1) is 22.7 Å². The number of nitriles is 2. The first-order valence-corrected chi connectivity index (χ1v) is 5.61. The van der Waals surface area contributed by atoms with Gasteiger partial charge in [-0.1, -0.05) is 0 Å². The lowest BCUT2D eigenvalue weighted by molar-refractivity contribution is 0.493. The van der Waals surface area contributed by atoms with Crippen molar-refractivity contribution < 1.29 is 12.6 Å². The Morgan fingerprint density at radius 1 is 1.13 bits per heavy atom. The second kappa shape index (κ2) is 3.99. The maximum absolute atomic E-state index is 10.8. The molecule has 0 N–H and O–H groups in total. The highest BCUT2D eigenvalue weighted by Gasteiger charge is 2.07. The topological polar surface area (TPSA) is 90.9 Å². The minimum absolute atomic E-state index is 0.0342. The fraction of sp³-hybridized carbons (Fsp3) is 0.111. The van der Waals surface area contributed by atoms with Gasteiger partial charge in [-0.2, -0.15) is 18.9 Å². The van der Waals surface area contributed by atoms with Gasteiger partial charge >= 0.3 is 10.1 Å². The predicted molar refractivity (Wildman–Crippen MR) is 51.3 cm³/mol. The summed E-state index contributed by atoms with van der Waals surface area (Å²) in [6.07, 6.45) is 0.887. The molecule has 0 aromatic heterocycles. The second-order valence-corrected chi connectivity index (χ2v) is 4.33. The van der Waals surface area contributed by atoms with Gasteiger partial charge in [0.25, 0.3) is 0 Å². The van der Waals surface area contributed by atoms with Crippen LogP contribution in [0.1, 0.15) is 11.1 Å². The summed E-state index contributed by atoms with van der Waals surface area (Å²) in [5.41, 5.74) is 0.348. The smallest absolute Gasteiger partial charge is 0.306 e. The summed E-state index contributed by atoms with van der Waals surface area (Å²) in [4.78, 5) is 0. The van der Waals surface area contributed by atoms with Gasteiger partial charge in [0.1, 0.15) is 5.75 Å². The molecule has 0 unspecified atom stereocenters. The minimum atomic E-state index is -3.65. The summed E-state index contributed by atoms with van der Waals surface area (Å²) in [5.74, 6) is -0.0342. The predicted octanol–water partition coefficient (Wildman–Crippen LogP) is 0.768.